The summed E-state index contributed by atoms with van der Waals surface area (Å²) in [6.07, 6.45) is 0.997. The highest BCUT2D eigenvalue weighted by Gasteiger charge is 2.14. The van der Waals surface area contributed by atoms with E-state index in [1.54, 1.807) is 0 Å². The third kappa shape index (κ3) is 3.07. The Morgan fingerprint density at radius 3 is 2.47 bits per heavy atom. The van der Waals surface area contributed by atoms with E-state index >= 15 is 0 Å². The maximum absolute atomic E-state index is 6.11. The second kappa shape index (κ2) is 6.06. The van der Waals surface area contributed by atoms with Crippen LogP contribution in [0.4, 0.5) is 0 Å². The molecule has 2 aromatic rings. The molecule has 1 heterocycles. The summed E-state index contributed by atoms with van der Waals surface area (Å²) in [5, 5.41) is 8.43. The molecule has 0 fully saturated rings. The number of hydrogen-bond donors (Lipinski definition) is 0. The SMILES string of the molecule is CCCOc1ccc(-n2c(Cl)nnc2C(C)C)cc1. The van der Waals surface area contributed by atoms with Crippen LogP contribution in [-0.4, -0.2) is 21.4 Å². The average molecular weight is 280 g/mol. The minimum atomic E-state index is 0.260. The number of benzene rings is 1. The first-order chi connectivity index (χ1) is 9.13. The van der Waals surface area contributed by atoms with Crippen LogP contribution in [0.1, 0.15) is 38.9 Å². The van der Waals surface area contributed by atoms with Crippen molar-refractivity contribution in [1.82, 2.24) is 14.8 Å². The number of halogens is 1. The summed E-state index contributed by atoms with van der Waals surface area (Å²) in [5.41, 5.74) is 0.947. The maximum atomic E-state index is 6.11. The number of hydrogen-bond acceptors (Lipinski definition) is 3. The van der Waals surface area contributed by atoms with E-state index in [0.717, 1.165) is 30.3 Å². The van der Waals surface area contributed by atoms with E-state index in [4.69, 9.17) is 16.3 Å². The van der Waals surface area contributed by atoms with Crippen LogP contribution < -0.4 is 4.74 Å². The normalized spacial score (nSPS) is 11.0. The van der Waals surface area contributed by atoms with E-state index in [1.807, 2.05) is 28.8 Å². The Labute approximate surface area is 118 Å². The van der Waals surface area contributed by atoms with Crippen LogP contribution in [0.5, 0.6) is 5.75 Å². The van der Waals surface area contributed by atoms with Gasteiger partial charge in [-0.15, -0.1) is 10.2 Å². The van der Waals surface area contributed by atoms with Gasteiger partial charge in [-0.1, -0.05) is 20.8 Å². The summed E-state index contributed by atoms with van der Waals surface area (Å²) in [7, 11) is 0. The molecule has 0 saturated carbocycles. The number of nitrogens with zero attached hydrogens (tertiary/aromatic N) is 3. The monoisotopic (exact) mass is 279 g/mol. The highest BCUT2D eigenvalue weighted by molar-refractivity contribution is 6.28. The molecule has 0 atom stereocenters. The van der Waals surface area contributed by atoms with Gasteiger partial charge in [-0.2, -0.15) is 0 Å². The summed E-state index contributed by atoms with van der Waals surface area (Å²) in [6, 6.07) is 7.80. The zero-order valence-electron chi connectivity index (χ0n) is 11.4. The molecule has 5 heteroatoms. The zero-order valence-corrected chi connectivity index (χ0v) is 12.2. The van der Waals surface area contributed by atoms with Crippen molar-refractivity contribution in [2.24, 2.45) is 0 Å². The van der Waals surface area contributed by atoms with Crippen LogP contribution in [-0.2, 0) is 0 Å². The van der Waals surface area contributed by atoms with Gasteiger partial charge in [-0.05, 0) is 42.3 Å². The van der Waals surface area contributed by atoms with Gasteiger partial charge in [-0.25, -0.2) is 0 Å². The maximum Gasteiger partial charge on any atom is 0.229 e. The van der Waals surface area contributed by atoms with Crippen LogP contribution in [0.25, 0.3) is 5.69 Å². The van der Waals surface area contributed by atoms with Crippen LogP contribution >= 0.6 is 11.6 Å². The minimum absolute atomic E-state index is 0.260. The van der Waals surface area contributed by atoms with Crippen molar-refractivity contribution >= 4 is 11.6 Å². The summed E-state index contributed by atoms with van der Waals surface area (Å²) >= 11 is 6.11. The Morgan fingerprint density at radius 2 is 1.89 bits per heavy atom. The highest BCUT2D eigenvalue weighted by atomic mass is 35.5. The first-order valence-electron chi connectivity index (χ1n) is 6.47. The van der Waals surface area contributed by atoms with Gasteiger partial charge >= 0.3 is 0 Å². The number of ether oxygens (including phenoxy) is 1. The molecule has 2 rings (SSSR count). The van der Waals surface area contributed by atoms with E-state index in [2.05, 4.69) is 31.0 Å². The van der Waals surface area contributed by atoms with Gasteiger partial charge in [0.25, 0.3) is 0 Å². The lowest BCUT2D eigenvalue weighted by Gasteiger charge is -2.11. The predicted octanol–water partition coefficient (Wildman–Crippen LogP) is 3.83. The Hall–Kier alpha value is -1.55. The fourth-order valence-corrected chi connectivity index (χ4v) is 2.02. The quantitative estimate of drug-likeness (QED) is 0.835. The topological polar surface area (TPSA) is 39.9 Å². The summed E-state index contributed by atoms with van der Waals surface area (Å²) in [6.45, 7) is 6.94. The molecule has 0 bridgehead atoms. The van der Waals surface area contributed by atoms with Crippen LogP contribution in [0.15, 0.2) is 24.3 Å². The molecule has 1 aromatic heterocycles. The molecule has 19 heavy (non-hydrogen) atoms. The van der Waals surface area contributed by atoms with Crippen molar-refractivity contribution in [1.29, 1.82) is 0 Å². The van der Waals surface area contributed by atoms with Crippen molar-refractivity contribution in [2.45, 2.75) is 33.1 Å². The molecule has 4 nitrogen and oxygen atoms in total. The van der Waals surface area contributed by atoms with Crippen molar-refractivity contribution in [3.05, 3.63) is 35.4 Å². The molecule has 1 aromatic carbocycles. The lowest BCUT2D eigenvalue weighted by molar-refractivity contribution is 0.317. The first kappa shape index (κ1) is 13.9. The van der Waals surface area contributed by atoms with Crippen LogP contribution in [0.3, 0.4) is 0 Å². The molecular formula is C14H18ClN3O. The first-order valence-corrected chi connectivity index (χ1v) is 6.85. The van der Waals surface area contributed by atoms with Crippen molar-refractivity contribution in [2.75, 3.05) is 6.61 Å². The number of rotatable bonds is 5. The predicted molar refractivity (Wildman–Crippen MR) is 76.2 cm³/mol. The third-order valence-electron chi connectivity index (χ3n) is 2.73. The molecule has 0 aliphatic rings. The lowest BCUT2D eigenvalue weighted by atomic mass is 10.2. The third-order valence-corrected chi connectivity index (χ3v) is 2.98. The molecule has 0 N–H and O–H groups in total. The Morgan fingerprint density at radius 1 is 1.21 bits per heavy atom. The molecule has 0 saturated heterocycles. The molecule has 0 spiro atoms. The molecular weight excluding hydrogens is 262 g/mol. The van der Waals surface area contributed by atoms with Crippen molar-refractivity contribution < 1.29 is 4.74 Å². The minimum Gasteiger partial charge on any atom is -0.494 e. The summed E-state index contributed by atoms with van der Waals surface area (Å²) in [4.78, 5) is 0. The van der Waals surface area contributed by atoms with Gasteiger partial charge in [-0.3, -0.25) is 4.57 Å². The van der Waals surface area contributed by atoms with Gasteiger partial charge < -0.3 is 4.74 Å². The number of aromatic nitrogens is 3. The lowest BCUT2D eigenvalue weighted by Crippen LogP contribution is -2.03. The molecule has 0 amide bonds. The van der Waals surface area contributed by atoms with E-state index in [0.29, 0.717) is 5.28 Å². The van der Waals surface area contributed by atoms with Crippen molar-refractivity contribution in [3.8, 4) is 11.4 Å². The fraction of sp³-hybridized carbons (Fsp3) is 0.429. The summed E-state index contributed by atoms with van der Waals surface area (Å²) in [5.74, 6) is 1.98. The standard InChI is InChI=1S/C14H18ClN3O/c1-4-9-19-12-7-5-11(6-8-12)18-13(10(2)3)16-17-14(18)15/h5-8,10H,4,9H2,1-3H3. The Kier molecular flexibility index (Phi) is 4.43. The van der Waals surface area contributed by atoms with Crippen LogP contribution in [0.2, 0.25) is 5.28 Å². The van der Waals surface area contributed by atoms with Crippen molar-refractivity contribution in [3.63, 3.8) is 0 Å². The molecule has 0 unspecified atom stereocenters. The van der Waals surface area contributed by atoms with E-state index in [9.17, 15) is 0 Å². The second-order valence-electron chi connectivity index (χ2n) is 4.66. The van der Waals surface area contributed by atoms with Gasteiger partial charge in [0.2, 0.25) is 5.28 Å². The second-order valence-corrected chi connectivity index (χ2v) is 5.00. The molecule has 0 radical (unpaired) electrons. The Balaban J connectivity index is 2.29. The fourth-order valence-electron chi connectivity index (χ4n) is 1.80. The van der Waals surface area contributed by atoms with Gasteiger partial charge in [0, 0.05) is 5.92 Å². The van der Waals surface area contributed by atoms with Gasteiger partial charge in [0.15, 0.2) is 0 Å². The molecule has 0 aliphatic carbocycles. The molecule has 102 valence electrons. The van der Waals surface area contributed by atoms with Gasteiger partial charge in [0.05, 0.1) is 12.3 Å². The largest absolute Gasteiger partial charge is 0.494 e. The summed E-state index contributed by atoms with van der Waals surface area (Å²) < 4.78 is 7.42. The van der Waals surface area contributed by atoms with E-state index in [1.165, 1.54) is 0 Å². The average Bonchev–Trinajstić information content (AvgIpc) is 2.79. The van der Waals surface area contributed by atoms with Gasteiger partial charge in [0.1, 0.15) is 11.6 Å². The Bertz CT molecular complexity index is 534. The highest BCUT2D eigenvalue weighted by Crippen LogP contribution is 2.23. The van der Waals surface area contributed by atoms with Crippen LogP contribution in [0, 0.1) is 0 Å². The zero-order chi connectivity index (χ0) is 13.8. The van der Waals surface area contributed by atoms with E-state index < -0.39 is 0 Å². The smallest absolute Gasteiger partial charge is 0.229 e. The van der Waals surface area contributed by atoms with E-state index in [-0.39, 0.29) is 5.92 Å². The molecule has 0 aliphatic heterocycles.